The van der Waals surface area contributed by atoms with E-state index in [2.05, 4.69) is 13.8 Å². The smallest absolute Gasteiger partial charge is 0.320 e. The molecular weight excluding hydrogens is 228 g/mol. The highest BCUT2D eigenvalue weighted by molar-refractivity contribution is 5.71. The van der Waals surface area contributed by atoms with E-state index in [4.69, 9.17) is 10.5 Å². The lowest BCUT2D eigenvalue weighted by Gasteiger charge is -2.25. The molecule has 0 aliphatic heterocycles. The van der Waals surface area contributed by atoms with Crippen molar-refractivity contribution in [1.82, 2.24) is 4.90 Å². The third-order valence-electron chi connectivity index (χ3n) is 2.80. The van der Waals surface area contributed by atoms with Gasteiger partial charge in [0.05, 0.1) is 13.2 Å². The molecule has 0 amide bonds. The van der Waals surface area contributed by atoms with Gasteiger partial charge in [-0.3, -0.25) is 9.69 Å². The Bertz CT molecular complexity index is 391. The Hall–Kier alpha value is -1.55. The number of carbonyl (C=O) groups is 1. The van der Waals surface area contributed by atoms with Gasteiger partial charge in [0.2, 0.25) is 0 Å². The number of hydrogen-bond acceptors (Lipinski definition) is 4. The van der Waals surface area contributed by atoms with Crippen molar-refractivity contribution in [3.8, 4) is 0 Å². The number of anilines is 1. The Labute approximate surface area is 109 Å². The third kappa shape index (κ3) is 4.37. The summed E-state index contributed by atoms with van der Waals surface area (Å²) in [4.78, 5) is 13.6. The zero-order chi connectivity index (χ0) is 13.5. The normalized spacial score (nSPS) is 10.9. The molecule has 0 unspecified atom stereocenters. The molecule has 1 aromatic rings. The van der Waals surface area contributed by atoms with Crippen LogP contribution >= 0.6 is 0 Å². The predicted molar refractivity (Wildman–Crippen MR) is 73.0 cm³/mol. The maximum absolute atomic E-state index is 11.5. The van der Waals surface area contributed by atoms with Crippen molar-refractivity contribution < 1.29 is 9.53 Å². The zero-order valence-electron chi connectivity index (χ0n) is 11.3. The second-order valence-electron chi connectivity index (χ2n) is 4.50. The van der Waals surface area contributed by atoms with Gasteiger partial charge in [0.15, 0.2) is 0 Å². The minimum absolute atomic E-state index is 0.194. The summed E-state index contributed by atoms with van der Waals surface area (Å²) in [6, 6.07) is 7.97. The first-order valence-corrected chi connectivity index (χ1v) is 6.27. The molecule has 0 aromatic heterocycles. The molecule has 0 fully saturated rings. The van der Waals surface area contributed by atoms with Crippen molar-refractivity contribution in [1.29, 1.82) is 0 Å². The maximum Gasteiger partial charge on any atom is 0.320 e. The molecule has 0 aliphatic rings. The summed E-state index contributed by atoms with van der Waals surface area (Å²) in [5.74, 6) is -0.194. The molecule has 0 heterocycles. The van der Waals surface area contributed by atoms with Crippen molar-refractivity contribution >= 4 is 11.7 Å². The van der Waals surface area contributed by atoms with E-state index in [1.54, 1.807) is 0 Å². The predicted octanol–water partition coefficient (Wildman–Crippen LogP) is 2.04. The van der Waals surface area contributed by atoms with E-state index < -0.39 is 0 Å². The molecule has 0 spiro atoms. The monoisotopic (exact) mass is 250 g/mol. The molecule has 0 bridgehead atoms. The van der Waals surface area contributed by atoms with Crippen molar-refractivity contribution in [2.75, 3.05) is 18.9 Å². The fourth-order valence-electron chi connectivity index (χ4n) is 1.69. The van der Waals surface area contributed by atoms with Gasteiger partial charge in [0.1, 0.15) is 0 Å². The topological polar surface area (TPSA) is 55.6 Å². The molecule has 18 heavy (non-hydrogen) atoms. The van der Waals surface area contributed by atoms with Gasteiger partial charge in [0, 0.05) is 18.3 Å². The van der Waals surface area contributed by atoms with Crippen LogP contribution in [0.5, 0.6) is 0 Å². The number of rotatable bonds is 6. The van der Waals surface area contributed by atoms with Gasteiger partial charge >= 0.3 is 5.97 Å². The van der Waals surface area contributed by atoms with Crippen LogP contribution < -0.4 is 5.73 Å². The van der Waals surface area contributed by atoms with Gasteiger partial charge < -0.3 is 10.5 Å². The minimum atomic E-state index is -0.194. The van der Waals surface area contributed by atoms with E-state index >= 15 is 0 Å². The van der Waals surface area contributed by atoms with Crippen LogP contribution in [0.4, 0.5) is 5.69 Å². The average molecular weight is 250 g/mol. The number of hydrogen-bond donors (Lipinski definition) is 1. The quantitative estimate of drug-likeness (QED) is 0.620. The van der Waals surface area contributed by atoms with E-state index in [0.29, 0.717) is 19.7 Å². The number of benzene rings is 1. The number of nitrogens with two attached hydrogens (primary N) is 1. The van der Waals surface area contributed by atoms with Crippen LogP contribution in [0.15, 0.2) is 24.3 Å². The molecule has 0 radical (unpaired) electrons. The number of ether oxygens (including phenoxy) is 1. The van der Waals surface area contributed by atoms with Gasteiger partial charge in [0.25, 0.3) is 0 Å². The molecule has 1 rings (SSSR count). The standard InChI is InChI=1S/C14H22N2O2/c1-4-18-14(17)10-16(11(2)3)9-12-7-5-6-8-13(12)15/h5-8,11H,4,9-10,15H2,1-3H3. The highest BCUT2D eigenvalue weighted by atomic mass is 16.5. The molecule has 100 valence electrons. The summed E-state index contributed by atoms with van der Waals surface area (Å²) < 4.78 is 4.98. The van der Waals surface area contributed by atoms with Crippen LogP contribution in [-0.4, -0.2) is 30.1 Å². The summed E-state index contributed by atoms with van der Waals surface area (Å²) in [6.07, 6.45) is 0. The Balaban J connectivity index is 2.69. The van der Waals surface area contributed by atoms with Crippen LogP contribution in [-0.2, 0) is 16.1 Å². The van der Waals surface area contributed by atoms with Gasteiger partial charge in [-0.1, -0.05) is 18.2 Å². The Morgan fingerprint density at radius 2 is 2.06 bits per heavy atom. The summed E-state index contributed by atoms with van der Waals surface area (Å²) >= 11 is 0. The molecule has 0 aliphatic carbocycles. The van der Waals surface area contributed by atoms with Gasteiger partial charge in [-0.15, -0.1) is 0 Å². The number of para-hydroxylation sites is 1. The van der Waals surface area contributed by atoms with E-state index in [1.165, 1.54) is 0 Å². The molecular formula is C14H22N2O2. The van der Waals surface area contributed by atoms with E-state index in [1.807, 2.05) is 36.1 Å². The first-order chi connectivity index (χ1) is 8.54. The molecule has 4 heteroatoms. The highest BCUT2D eigenvalue weighted by Gasteiger charge is 2.16. The lowest BCUT2D eigenvalue weighted by Crippen LogP contribution is -2.36. The first-order valence-electron chi connectivity index (χ1n) is 6.27. The number of esters is 1. The largest absolute Gasteiger partial charge is 0.465 e. The summed E-state index contributed by atoms with van der Waals surface area (Å²) in [5, 5.41) is 0. The van der Waals surface area contributed by atoms with E-state index in [-0.39, 0.29) is 12.0 Å². The number of nitrogen functional groups attached to an aromatic ring is 1. The van der Waals surface area contributed by atoms with Crippen LogP contribution in [0, 0.1) is 0 Å². The second kappa shape index (κ2) is 7.01. The SMILES string of the molecule is CCOC(=O)CN(Cc1ccccc1N)C(C)C. The lowest BCUT2D eigenvalue weighted by molar-refractivity contribution is -0.145. The lowest BCUT2D eigenvalue weighted by atomic mass is 10.1. The molecule has 2 N–H and O–H groups in total. The summed E-state index contributed by atoms with van der Waals surface area (Å²) in [7, 11) is 0. The Kier molecular flexibility index (Phi) is 5.65. The molecule has 4 nitrogen and oxygen atoms in total. The Morgan fingerprint density at radius 3 is 2.61 bits per heavy atom. The molecule has 0 saturated carbocycles. The maximum atomic E-state index is 11.5. The van der Waals surface area contributed by atoms with E-state index in [9.17, 15) is 4.79 Å². The van der Waals surface area contributed by atoms with Gasteiger partial charge in [-0.25, -0.2) is 0 Å². The average Bonchev–Trinajstić information content (AvgIpc) is 2.31. The first kappa shape index (κ1) is 14.5. The number of nitrogens with zero attached hydrogens (tertiary/aromatic N) is 1. The summed E-state index contributed by atoms with van der Waals surface area (Å²) in [5.41, 5.74) is 7.71. The van der Waals surface area contributed by atoms with Crippen molar-refractivity contribution in [3.05, 3.63) is 29.8 Å². The number of carbonyl (C=O) groups excluding carboxylic acids is 1. The fraction of sp³-hybridized carbons (Fsp3) is 0.500. The van der Waals surface area contributed by atoms with Crippen molar-refractivity contribution in [3.63, 3.8) is 0 Å². The van der Waals surface area contributed by atoms with Gasteiger partial charge in [-0.2, -0.15) is 0 Å². The van der Waals surface area contributed by atoms with Gasteiger partial charge in [-0.05, 0) is 32.4 Å². The summed E-state index contributed by atoms with van der Waals surface area (Å²) in [6.45, 7) is 7.28. The highest BCUT2D eigenvalue weighted by Crippen LogP contribution is 2.15. The third-order valence-corrected chi connectivity index (χ3v) is 2.80. The molecule has 0 saturated heterocycles. The van der Waals surface area contributed by atoms with Crippen LogP contribution in [0.2, 0.25) is 0 Å². The van der Waals surface area contributed by atoms with Crippen molar-refractivity contribution in [2.24, 2.45) is 0 Å². The Morgan fingerprint density at radius 1 is 1.39 bits per heavy atom. The molecule has 1 aromatic carbocycles. The van der Waals surface area contributed by atoms with Crippen LogP contribution in [0.1, 0.15) is 26.3 Å². The fourth-order valence-corrected chi connectivity index (χ4v) is 1.69. The zero-order valence-corrected chi connectivity index (χ0v) is 11.3. The minimum Gasteiger partial charge on any atom is -0.465 e. The van der Waals surface area contributed by atoms with E-state index in [0.717, 1.165) is 11.3 Å². The van der Waals surface area contributed by atoms with Crippen LogP contribution in [0.25, 0.3) is 0 Å². The van der Waals surface area contributed by atoms with Crippen molar-refractivity contribution in [2.45, 2.75) is 33.4 Å². The molecule has 0 atom stereocenters. The van der Waals surface area contributed by atoms with Crippen LogP contribution in [0.3, 0.4) is 0 Å². The second-order valence-corrected chi connectivity index (χ2v) is 4.50.